The molecule has 19 heavy (non-hydrogen) atoms. The van der Waals surface area contributed by atoms with Gasteiger partial charge in [0, 0.05) is 10.6 Å². The number of anilines is 1. The molecule has 0 radical (unpaired) electrons. The molecule has 0 bridgehead atoms. The summed E-state index contributed by atoms with van der Waals surface area (Å²) < 4.78 is 0. The van der Waals surface area contributed by atoms with Gasteiger partial charge in [0.2, 0.25) is 5.91 Å². The Hall–Kier alpha value is -2.53. The molecule has 7 heteroatoms. The van der Waals surface area contributed by atoms with Crippen LogP contribution in [-0.2, 0) is 16.0 Å². The Morgan fingerprint density at radius 1 is 1.53 bits per heavy atom. The van der Waals surface area contributed by atoms with E-state index in [0.717, 1.165) is 5.56 Å². The number of hydrogen-bond acceptors (Lipinski definition) is 3. The van der Waals surface area contributed by atoms with Crippen molar-refractivity contribution in [2.24, 2.45) is 5.11 Å². The lowest BCUT2D eigenvalue weighted by molar-refractivity contribution is -0.136. The highest BCUT2D eigenvalue weighted by Gasteiger charge is 2.30. The summed E-state index contributed by atoms with van der Waals surface area (Å²) in [6, 6.07) is 6.27. The van der Waals surface area contributed by atoms with E-state index in [1.807, 2.05) is 12.1 Å². The van der Waals surface area contributed by atoms with E-state index in [9.17, 15) is 9.59 Å². The molecular weight excluding hydrogens is 248 g/mol. The first kappa shape index (κ1) is 12.9. The van der Waals surface area contributed by atoms with Crippen molar-refractivity contribution in [1.29, 1.82) is 0 Å². The van der Waals surface area contributed by atoms with Gasteiger partial charge in [-0.3, -0.25) is 9.59 Å². The van der Waals surface area contributed by atoms with E-state index in [-0.39, 0.29) is 0 Å². The standard InChI is InChI=1S/C12H12N4O3/c13-15-14-9-6-5-8-3-1-2-4-10(8)16(12(9)19)7-11(17)18/h1-4,9H,5-7H2,(H,17,18). The molecule has 1 aliphatic heterocycles. The molecule has 0 aliphatic carbocycles. The number of aryl methyl sites for hydroxylation is 1. The van der Waals surface area contributed by atoms with Crippen LogP contribution in [0.1, 0.15) is 12.0 Å². The first-order chi connectivity index (χ1) is 9.13. The lowest BCUT2D eigenvalue weighted by Gasteiger charge is -2.22. The molecule has 0 saturated carbocycles. The number of aliphatic carboxylic acids is 1. The zero-order chi connectivity index (χ0) is 13.8. The van der Waals surface area contributed by atoms with Crippen LogP contribution in [0.15, 0.2) is 29.4 Å². The molecule has 0 spiro atoms. The molecule has 1 aliphatic rings. The van der Waals surface area contributed by atoms with Crippen molar-refractivity contribution < 1.29 is 14.7 Å². The molecule has 1 unspecified atom stereocenters. The Balaban J connectivity index is 2.45. The predicted molar refractivity (Wildman–Crippen MR) is 67.7 cm³/mol. The molecule has 0 fully saturated rings. The third-order valence-electron chi connectivity index (χ3n) is 3.01. The monoisotopic (exact) mass is 260 g/mol. The summed E-state index contributed by atoms with van der Waals surface area (Å²) in [6.45, 7) is -0.437. The normalized spacial score (nSPS) is 18.2. The number of benzene rings is 1. The quantitative estimate of drug-likeness (QED) is 0.508. The number of azide groups is 1. The summed E-state index contributed by atoms with van der Waals surface area (Å²) in [5, 5.41) is 12.4. The van der Waals surface area contributed by atoms with Crippen molar-refractivity contribution in [2.75, 3.05) is 11.4 Å². The minimum absolute atomic E-state index is 0.385. The van der Waals surface area contributed by atoms with E-state index in [2.05, 4.69) is 10.0 Å². The first-order valence-electron chi connectivity index (χ1n) is 5.78. The first-order valence-corrected chi connectivity index (χ1v) is 5.78. The van der Waals surface area contributed by atoms with Crippen LogP contribution >= 0.6 is 0 Å². The molecule has 1 amide bonds. The summed E-state index contributed by atoms with van der Waals surface area (Å²) >= 11 is 0. The van der Waals surface area contributed by atoms with Crippen LogP contribution in [-0.4, -0.2) is 29.6 Å². The average Bonchev–Trinajstić information content (AvgIpc) is 2.51. The SMILES string of the molecule is [N-]=[N+]=NC1CCc2ccccc2N(CC(=O)O)C1=O. The van der Waals surface area contributed by atoms with E-state index in [4.69, 9.17) is 10.6 Å². The van der Waals surface area contributed by atoms with Gasteiger partial charge >= 0.3 is 5.97 Å². The number of carboxylic acids is 1. The number of carbonyl (C=O) groups excluding carboxylic acids is 1. The van der Waals surface area contributed by atoms with Crippen molar-refractivity contribution in [3.8, 4) is 0 Å². The number of rotatable bonds is 3. The van der Waals surface area contributed by atoms with Gasteiger partial charge in [-0.05, 0) is 30.0 Å². The fourth-order valence-corrected chi connectivity index (χ4v) is 2.17. The minimum Gasteiger partial charge on any atom is -0.480 e. The van der Waals surface area contributed by atoms with Crippen LogP contribution < -0.4 is 4.90 Å². The van der Waals surface area contributed by atoms with Crippen LogP contribution in [0.4, 0.5) is 5.69 Å². The highest BCUT2D eigenvalue weighted by Crippen LogP contribution is 2.27. The van der Waals surface area contributed by atoms with E-state index in [1.165, 1.54) is 4.90 Å². The molecule has 1 N–H and O–H groups in total. The summed E-state index contributed by atoms with van der Waals surface area (Å²) in [5.41, 5.74) is 9.94. The van der Waals surface area contributed by atoms with E-state index >= 15 is 0 Å². The number of fused-ring (bicyclic) bond motifs is 1. The maximum absolute atomic E-state index is 12.2. The molecule has 1 heterocycles. The Kier molecular flexibility index (Phi) is 3.68. The van der Waals surface area contributed by atoms with Gasteiger partial charge in [0.25, 0.3) is 0 Å². The maximum Gasteiger partial charge on any atom is 0.323 e. The Morgan fingerprint density at radius 3 is 2.95 bits per heavy atom. The van der Waals surface area contributed by atoms with Gasteiger partial charge in [-0.2, -0.15) is 0 Å². The fourth-order valence-electron chi connectivity index (χ4n) is 2.17. The van der Waals surface area contributed by atoms with Crippen LogP contribution in [0.25, 0.3) is 10.4 Å². The summed E-state index contributed by atoms with van der Waals surface area (Å²) in [4.78, 5) is 27.0. The highest BCUT2D eigenvalue weighted by molar-refractivity contribution is 6.01. The Morgan fingerprint density at radius 2 is 2.26 bits per heavy atom. The number of carbonyl (C=O) groups is 2. The molecule has 2 rings (SSSR count). The van der Waals surface area contributed by atoms with Crippen molar-refractivity contribution >= 4 is 17.6 Å². The summed E-state index contributed by atoms with van der Waals surface area (Å²) in [6.07, 6.45) is 0.956. The second kappa shape index (κ2) is 5.41. The fraction of sp³-hybridized carbons (Fsp3) is 0.333. The summed E-state index contributed by atoms with van der Waals surface area (Å²) in [7, 11) is 0. The lowest BCUT2D eigenvalue weighted by Crippen LogP contribution is -2.40. The smallest absolute Gasteiger partial charge is 0.323 e. The molecule has 1 aromatic rings. The zero-order valence-electron chi connectivity index (χ0n) is 10.1. The number of nitrogens with zero attached hydrogens (tertiary/aromatic N) is 4. The van der Waals surface area contributed by atoms with Gasteiger partial charge in [-0.1, -0.05) is 23.3 Å². The average molecular weight is 260 g/mol. The summed E-state index contributed by atoms with van der Waals surface area (Å²) in [5.74, 6) is -1.57. The number of carboxylic acid groups (broad SMARTS) is 1. The topological polar surface area (TPSA) is 106 Å². The van der Waals surface area contributed by atoms with E-state index in [1.54, 1.807) is 12.1 Å². The third-order valence-corrected chi connectivity index (χ3v) is 3.01. The largest absolute Gasteiger partial charge is 0.480 e. The van der Waals surface area contributed by atoms with Crippen molar-refractivity contribution in [3.63, 3.8) is 0 Å². The number of para-hydroxylation sites is 1. The Bertz CT molecular complexity index is 566. The van der Waals surface area contributed by atoms with Gasteiger partial charge in [-0.15, -0.1) is 0 Å². The van der Waals surface area contributed by atoms with Gasteiger partial charge in [0.1, 0.15) is 12.6 Å². The lowest BCUT2D eigenvalue weighted by atomic mass is 10.1. The van der Waals surface area contributed by atoms with Gasteiger partial charge in [0.15, 0.2) is 0 Å². The van der Waals surface area contributed by atoms with Crippen molar-refractivity contribution in [1.82, 2.24) is 0 Å². The van der Waals surface area contributed by atoms with Crippen molar-refractivity contribution in [2.45, 2.75) is 18.9 Å². The minimum atomic E-state index is -1.11. The second-order valence-electron chi connectivity index (χ2n) is 4.21. The molecule has 7 nitrogen and oxygen atoms in total. The van der Waals surface area contributed by atoms with Gasteiger partial charge in [0.05, 0.1) is 0 Å². The third kappa shape index (κ3) is 2.66. The van der Waals surface area contributed by atoms with Crippen molar-refractivity contribution in [3.05, 3.63) is 40.3 Å². The highest BCUT2D eigenvalue weighted by atomic mass is 16.4. The second-order valence-corrected chi connectivity index (χ2v) is 4.21. The molecule has 98 valence electrons. The molecule has 0 aromatic heterocycles. The zero-order valence-corrected chi connectivity index (χ0v) is 10.1. The van der Waals surface area contributed by atoms with Crippen LogP contribution in [0.5, 0.6) is 0 Å². The van der Waals surface area contributed by atoms with Crippen LogP contribution in [0, 0.1) is 0 Å². The maximum atomic E-state index is 12.2. The van der Waals surface area contributed by atoms with Crippen LogP contribution in [0.2, 0.25) is 0 Å². The van der Waals surface area contributed by atoms with E-state index in [0.29, 0.717) is 18.5 Å². The van der Waals surface area contributed by atoms with Gasteiger partial charge in [-0.25, -0.2) is 0 Å². The van der Waals surface area contributed by atoms with E-state index < -0.39 is 24.5 Å². The molecule has 1 aromatic carbocycles. The molecule has 1 atom stereocenters. The predicted octanol–water partition coefficient (Wildman–Crippen LogP) is 1.73. The Labute approximate surface area is 109 Å². The van der Waals surface area contributed by atoms with Gasteiger partial charge < -0.3 is 10.0 Å². The number of amides is 1. The number of hydrogen-bond donors (Lipinski definition) is 1. The molecule has 0 saturated heterocycles. The van der Waals surface area contributed by atoms with Crippen LogP contribution in [0.3, 0.4) is 0 Å². The molecular formula is C12H12N4O3.